The van der Waals surface area contributed by atoms with Crippen LogP contribution in [0.25, 0.3) is 0 Å². The van der Waals surface area contributed by atoms with Crippen LogP contribution in [0, 0.1) is 13.8 Å². The number of aliphatic hydroxyl groups excluding tert-OH is 1. The average molecular weight is 446 g/mol. The normalized spacial score (nSPS) is 10.7. The number of anilines is 1. The lowest BCUT2D eigenvalue weighted by atomic mass is 10.1. The lowest BCUT2D eigenvalue weighted by Crippen LogP contribution is -2.34. The van der Waals surface area contributed by atoms with E-state index in [0.717, 1.165) is 22.4 Å². The molecule has 0 spiro atoms. The number of hydrogen-bond donors (Lipinski definition) is 1. The highest BCUT2D eigenvalue weighted by Crippen LogP contribution is 2.32. The van der Waals surface area contributed by atoms with Crippen molar-refractivity contribution >= 4 is 34.8 Å². The molecule has 0 fully saturated rings. The van der Waals surface area contributed by atoms with E-state index < -0.39 is 5.91 Å². The molecule has 0 aliphatic heterocycles. The highest BCUT2D eigenvalue weighted by molar-refractivity contribution is 6.39. The molecule has 0 aliphatic carbocycles. The summed E-state index contributed by atoms with van der Waals surface area (Å²) >= 11 is 12.2. The van der Waals surface area contributed by atoms with E-state index in [9.17, 15) is 9.90 Å². The maximum absolute atomic E-state index is 13.1. The molecule has 1 amide bonds. The highest BCUT2D eigenvalue weighted by Gasteiger charge is 2.25. The summed E-state index contributed by atoms with van der Waals surface area (Å²) in [5.74, 6) is 0.259. The van der Waals surface area contributed by atoms with Gasteiger partial charge in [0.1, 0.15) is 34.6 Å². The van der Waals surface area contributed by atoms with Crippen LogP contribution in [0.15, 0.2) is 48.8 Å². The molecule has 0 aliphatic rings. The number of nitrogens with zero attached hydrogens (tertiary/aromatic N) is 3. The van der Waals surface area contributed by atoms with Crippen LogP contribution >= 0.6 is 23.2 Å². The number of halogens is 2. The summed E-state index contributed by atoms with van der Waals surface area (Å²) in [7, 11) is 0. The molecule has 1 N–H and O–H groups in total. The second kappa shape index (κ2) is 9.89. The third-order valence-corrected chi connectivity index (χ3v) is 5.09. The van der Waals surface area contributed by atoms with E-state index in [1.54, 1.807) is 0 Å². The Morgan fingerprint density at radius 1 is 1.07 bits per heavy atom. The number of amides is 1. The van der Waals surface area contributed by atoms with Crippen molar-refractivity contribution in [2.24, 2.45) is 0 Å². The monoisotopic (exact) mass is 445 g/mol. The van der Waals surface area contributed by atoms with Crippen molar-refractivity contribution in [2.45, 2.75) is 20.5 Å². The van der Waals surface area contributed by atoms with Crippen molar-refractivity contribution in [3.8, 4) is 5.75 Å². The highest BCUT2D eigenvalue weighted by atomic mass is 35.5. The predicted molar refractivity (Wildman–Crippen MR) is 118 cm³/mol. The van der Waals surface area contributed by atoms with E-state index >= 15 is 0 Å². The molecule has 1 heterocycles. The summed E-state index contributed by atoms with van der Waals surface area (Å²) in [6.45, 7) is 4.07. The smallest absolute Gasteiger partial charge is 0.264 e. The molecule has 1 aromatic heterocycles. The van der Waals surface area contributed by atoms with Gasteiger partial charge in [-0.1, -0.05) is 53.5 Å². The Morgan fingerprint density at radius 3 is 2.23 bits per heavy atom. The minimum atomic E-state index is -0.489. The number of carbonyl (C=O) groups excluding carboxylic acids is 1. The van der Waals surface area contributed by atoms with Crippen LogP contribution in [0.5, 0.6) is 5.75 Å². The van der Waals surface area contributed by atoms with Crippen LogP contribution in [0.2, 0.25) is 10.3 Å². The second-order valence-corrected chi connectivity index (χ2v) is 7.41. The number of hydrogen-bond acceptors (Lipinski definition) is 5. The molecular weight excluding hydrogens is 425 g/mol. The standard InChI is InChI=1S/C22H21Cl2N3O3/c1-14-10-17(11-15(2)19(14)30-12-16-6-4-3-5-7-16)27(8-9-28)22(29)18-20(23)25-13-26-21(18)24/h3-7,10-11,13,28H,8-9,12H2,1-2H3. The molecule has 3 aromatic rings. The van der Waals surface area contributed by atoms with E-state index in [1.165, 1.54) is 11.2 Å². The number of aliphatic hydroxyl groups is 1. The molecular formula is C22H21Cl2N3O3. The minimum absolute atomic E-state index is 0.00556. The van der Waals surface area contributed by atoms with Crippen molar-refractivity contribution in [1.29, 1.82) is 0 Å². The average Bonchev–Trinajstić information content (AvgIpc) is 2.71. The molecule has 30 heavy (non-hydrogen) atoms. The fourth-order valence-electron chi connectivity index (χ4n) is 3.14. The van der Waals surface area contributed by atoms with E-state index in [4.69, 9.17) is 27.9 Å². The summed E-state index contributed by atoms with van der Waals surface area (Å²) in [5.41, 5.74) is 3.36. The Morgan fingerprint density at radius 2 is 1.67 bits per heavy atom. The predicted octanol–water partition coefficient (Wildman–Crippen LogP) is 4.62. The first-order valence-corrected chi connectivity index (χ1v) is 10.0. The SMILES string of the molecule is Cc1cc(N(CCO)C(=O)c2c(Cl)ncnc2Cl)cc(C)c1OCc1ccccc1. The van der Waals surface area contributed by atoms with Gasteiger partial charge in [-0.25, -0.2) is 9.97 Å². The van der Waals surface area contributed by atoms with Crippen LogP contribution in [-0.2, 0) is 6.61 Å². The maximum atomic E-state index is 13.1. The van der Waals surface area contributed by atoms with Crippen molar-refractivity contribution < 1.29 is 14.6 Å². The second-order valence-electron chi connectivity index (χ2n) is 6.69. The number of aromatic nitrogens is 2. The maximum Gasteiger partial charge on any atom is 0.264 e. The molecule has 0 saturated heterocycles. The van der Waals surface area contributed by atoms with Crippen molar-refractivity contribution in [3.63, 3.8) is 0 Å². The van der Waals surface area contributed by atoms with Gasteiger partial charge in [0.2, 0.25) is 0 Å². The van der Waals surface area contributed by atoms with Crippen LogP contribution in [0.4, 0.5) is 5.69 Å². The van der Waals surface area contributed by atoms with Crippen LogP contribution in [0.1, 0.15) is 27.0 Å². The van der Waals surface area contributed by atoms with Gasteiger partial charge in [-0.05, 0) is 42.7 Å². The van der Waals surface area contributed by atoms with Gasteiger partial charge >= 0.3 is 0 Å². The summed E-state index contributed by atoms with van der Waals surface area (Å²) in [4.78, 5) is 22.2. The first-order valence-electron chi connectivity index (χ1n) is 9.29. The quantitative estimate of drug-likeness (QED) is 0.536. The Balaban J connectivity index is 1.91. The number of carbonyl (C=O) groups is 1. The van der Waals surface area contributed by atoms with E-state index in [-0.39, 0.29) is 29.0 Å². The molecule has 0 atom stereocenters. The van der Waals surface area contributed by atoms with Crippen molar-refractivity contribution in [1.82, 2.24) is 9.97 Å². The van der Waals surface area contributed by atoms with Gasteiger partial charge in [-0.3, -0.25) is 4.79 Å². The van der Waals surface area contributed by atoms with Crippen molar-refractivity contribution in [2.75, 3.05) is 18.1 Å². The Bertz CT molecular complexity index is 1000. The number of benzene rings is 2. The van der Waals surface area contributed by atoms with Gasteiger partial charge in [0.25, 0.3) is 5.91 Å². The summed E-state index contributed by atoms with van der Waals surface area (Å²) in [6.07, 6.45) is 1.19. The zero-order chi connectivity index (χ0) is 21.7. The lowest BCUT2D eigenvalue weighted by molar-refractivity contribution is 0.0980. The Hall–Kier alpha value is -2.67. The van der Waals surface area contributed by atoms with Crippen LogP contribution in [-0.4, -0.2) is 34.1 Å². The molecule has 8 heteroatoms. The lowest BCUT2D eigenvalue weighted by Gasteiger charge is -2.24. The zero-order valence-corrected chi connectivity index (χ0v) is 18.1. The van der Waals surface area contributed by atoms with E-state index in [1.807, 2.05) is 56.3 Å². The molecule has 0 radical (unpaired) electrons. The molecule has 6 nitrogen and oxygen atoms in total. The minimum Gasteiger partial charge on any atom is -0.488 e. The number of rotatable bonds is 7. The number of ether oxygens (including phenoxy) is 1. The first-order chi connectivity index (χ1) is 14.4. The van der Waals surface area contributed by atoms with E-state index in [0.29, 0.717) is 12.3 Å². The van der Waals surface area contributed by atoms with Gasteiger partial charge in [0.15, 0.2) is 0 Å². The number of aryl methyl sites for hydroxylation is 2. The topological polar surface area (TPSA) is 75.5 Å². The van der Waals surface area contributed by atoms with Gasteiger partial charge in [0, 0.05) is 12.2 Å². The Labute approximate surface area is 185 Å². The third kappa shape index (κ3) is 4.90. The summed E-state index contributed by atoms with van der Waals surface area (Å²) in [5, 5.41) is 9.44. The van der Waals surface area contributed by atoms with Crippen molar-refractivity contribution in [3.05, 3.63) is 81.4 Å². The molecule has 2 aromatic carbocycles. The molecule has 0 saturated carbocycles. The molecule has 0 unspecified atom stereocenters. The largest absolute Gasteiger partial charge is 0.488 e. The van der Waals surface area contributed by atoms with Gasteiger partial charge in [0.05, 0.1) is 6.61 Å². The van der Waals surface area contributed by atoms with Crippen LogP contribution < -0.4 is 9.64 Å². The first kappa shape index (κ1) is 22.0. The fraction of sp³-hybridized carbons (Fsp3) is 0.227. The molecule has 156 valence electrons. The van der Waals surface area contributed by atoms with Gasteiger partial charge in [-0.2, -0.15) is 0 Å². The summed E-state index contributed by atoms with van der Waals surface area (Å²) < 4.78 is 6.02. The van der Waals surface area contributed by atoms with Crippen LogP contribution in [0.3, 0.4) is 0 Å². The Kier molecular flexibility index (Phi) is 7.26. The third-order valence-electron chi connectivity index (χ3n) is 4.52. The molecule has 0 bridgehead atoms. The zero-order valence-electron chi connectivity index (χ0n) is 16.6. The van der Waals surface area contributed by atoms with Gasteiger partial charge < -0.3 is 14.7 Å². The van der Waals surface area contributed by atoms with E-state index in [2.05, 4.69) is 9.97 Å². The summed E-state index contributed by atoms with van der Waals surface area (Å²) in [6, 6.07) is 13.5. The van der Waals surface area contributed by atoms with Gasteiger partial charge in [-0.15, -0.1) is 0 Å². The fourth-order valence-corrected chi connectivity index (χ4v) is 3.62. The molecule has 3 rings (SSSR count).